The molecule has 0 saturated heterocycles. The second-order valence-electron chi connectivity index (χ2n) is 4.67. The minimum absolute atomic E-state index is 0.0365. The van der Waals surface area contributed by atoms with Gasteiger partial charge in [0.1, 0.15) is 5.75 Å². The molecule has 0 heterocycles. The summed E-state index contributed by atoms with van der Waals surface area (Å²) in [6.07, 6.45) is 2.37. The molecule has 0 atom stereocenters. The summed E-state index contributed by atoms with van der Waals surface area (Å²) in [5.74, 6) is 0.691. The highest BCUT2D eigenvalue weighted by Gasteiger charge is 2.41. The molecule has 1 saturated carbocycles. The maximum Gasteiger partial charge on any atom is 0.251 e. The minimum Gasteiger partial charge on any atom is -0.496 e. The van der Waals surface area contributed by atoms with Gasteiger partial charge in [0.15, 0.2) is 0 Å². The Bertz CT molecular complexity index is 458. The van der Waals surface area contributed by atoms with Crippen molar-refractivity contribution in [3.8, 4) is 5.75 Å². The number of amides is 1. The lowest BCUT2D eigenvalue weighted by Gasteiger charge is -2.13. The van der Waals surface area contributed by atoms with Crippen molar-refractivity contribution in [2.75, 3.05) is 19.0 Å². The van der Waals surface area contributed by atoms with Crippen LogP contribution in [0.4, 0.5) is 0 Å². The number of hydrogen-bond acceptors (Lipinski definition) is 2. The number of alkyl halides is 1. The molecule has 2 rings (SSSR count). The Hall–Kier alpha value is -0.550. The topological polar surface area (TPSA) is 38.3 Å². The smallest absolute Gasteiger partial charge is 0.251 e. The van der Waals surface area contributed by atoms with Gasteiger partial charge in [0, 0.05) is 17.4 Å². The van der Waals surface area contributed by atoms with Gasteiger partial charge in [-0.05, 0) is 52.4 Å². The third-order valence-corrected chi connectivity index (χ3v) is 5.09. The molecule has 0 bridgehead atoms. The van der Waals surface area contributed by atoms with E-state index in [1.54, 1.807) is 25.3 Å². The van der Waals surface area contributed by atoms with Crippen LogP contribution in [0.1, 0.15) is 23.2 Å². The number of benzene rings is 1. The number of rotatable bonds is 5. The standard InChI is InChI=1S/C13H15Br2NO2/c1-18-11-3-2-9(6-10(11)15)12(17)16-8-13(7-14)4-5-13/h2-3,6H,4-5,7-8H2,1H3,(H,16,17). The van der Waals surface area contributed by atoms with E-state index in [2.05, 4.69) is 37.2 Å². The van der Waals surface area contributed by atoms with E-state index in [4.69, 9.17) is 4.74 Å². The predicted molar refractivity (Wildman–Crippen MR) is 78.5 cm³/mol. The van der Waals surface area contributed by atoms with E-state index >= 15 is 0 Å². The zero-order chi connectivity index (χ0) is 13.2. The van der Waals surface area contributed by atoms with Crippen LogP contribution in [0.5, 0.6) is 5.75 Å². The van der Waals surface area contributed by atoms with Gasteiger partial charge >= 0.3 is 0 Å². The lowest BCUT2D eigenvalue weighted by molar-refractivity contribution is 0.0946. The average molecular weight is 377 g/mol. The molecular weight excluding hydrogens is 362 g/mol. The van der Waals surface area contributed by atoms with Crippen molar-refractivity contribution in [2.45, 2.75) is 12.8 Å². The highest BCUT2D eigenvalue weighted by molar-refractivity contribution is 9.10. The van der Waals surface area contributed by atoms with Crippen molar-refractivity contribution in [3.05, 3.63) is 28.2 Å². The van der Waals surface area contributed by atoms with Gasteiger partial charge in [0.25, 0.3) is 5.91 Å². The first-order valence-electron chi connectivity index (χ1n) is 5.78. The molecule has 1 aromatic carbocycles. The van der Waals surface area contributed by atoms with Gasteiger partial charge < -0.3 is 10.1 Å². The van der Waals surface area contributed by atoms with E-state index in [-0.39, 0.29) is 5.91 Å². The SMILES string of the molecule is COc1ccc(C(=O)NCC2(CBr)CC2)cc1Br. The molecule has 1 aliphatic carbocycles. The summed E-state index contributed by atoms with van der Waals surface area (Å²) < 4.78 is 5.93. The number of ether oxygens (including phenoxy) is 1. The molecule has 0 radical (unpaired) electrons. The van der Waals surface area contributed by atoms with Gasteiger partial charge in [-0.25, -0.2) is 0 Å². The fraction of sp³-hybridized carbons (Fsp3) is 0.462. The summed E-state index contributed by atoms with van der Waals surface area (Å²) in [7, 11) is 1.60. The molecule has 5 heteroatoms. The minimum atomic E-state index is -0.0365. The first-order valence-corrected chi connectivity index (χ1v) is 7.69. The predicted octanol–water partition coefficient (Wildman–Crippen LogP) is 3.36. The Morgan fingerprint density at radius 3 is 2.72 bits per heavy atom. The van der Waals surface area contributed by atoms with E-state index in [1.165, 1.54) is 12.8 Å². The molecular formula is C13H15Br2NO2. The van der Waals surface area contributed by atoms with E-state index in [1.807, 2.05) is 0 Å². The Morgan fingerprint density at radius 1 is 1.50 bits per heavy atom. The number of carbonyl (C=O) groups excluding carboxylic acids is 1. The third kappa shape index (κ3) is 3.06. The number of methoxy groups -OCH3 is 1. The van der Waals surface area contributed by atoms with Crippen LogP contribution in [0, 0.1) is 5.41 Å². The second-order valence-corrected chi connectivity index (χ2v) is 6.08. The Morgan fingerprint density at radius 2 is 2.22 bits per heavy atom. The van der Waals surface area contributed by atoms with Gasteiger partial charge in [0.05, 0.1) is 11.6 Å². The summed E-state index contributed by atoms with van der Waals surface area (Å²) >= 11 is 6.87. The second kappa shape index (κ2) is 5.61. The fourth-order valence-electron chi connectivity index (χ4n) is 1.71. The van der Waals surface area contributed by atoms with Gasteiger partial charge in [-0.15, -0.1) is 0 Å². The molecule has 1 N–H and O–H groups in total. The van der Waals surface area contributed by atoms with Crippen molar-refractivity contribution >= 4 is 37.8 Å². The van der Waals surface area contributed by atoms with Crippen LogP contribution in [-0.4, -0.2) is 24.9 Å². The summed E-state index contributed by atoms with van der Waals surface area (Å²) in [5.41, 5.74) is 0.937. The van der Waals surface area contributed by atoms with E-state index in [0.717, 1.165) is 22.1 Å². The molecule has 18 heavy (non-hydrogen) atoms. The lowest BCUT2D eigenvalue weighted by atomic mass is 10.1. The molecule has 1 amide bonds. The van der Waals surface area contributed by atoms with Crippen LogP contribution in [-0.2, 0) is 0 Å². The number of hydrogen-bond donors (Lipinski definition) is 1. The van der Waals surface area contributed by atoms with Crippen LogP contribution in [0.25, 0.3) is 0 Å². The zero-order valence-corrected chi connectivity index (χ0v) is 13.3. The monoisotopic (exact) mass is 375 g/mol. The van der Waals surface area contributed by atoms with E-state index in [9.17, 15) is 4.79 Å². The van der Waals surface area contributed by atoms with Crippen LogP contribution in [0.2, 0.25) is 0 Å². The van der Waals surface area contributed by atoms with Crippen molar-refractivity contribution in [1.29, 1.82) is 0 Å². The number of carbonyl (C=O) groups is 1. The first-order chi connectivity index (χ1) is 8.60. The normalized spacial score (nSPS) is 16.2. The van der Waals surface area contributed by atoms with Crippen molar-refractivity contribution in [3.63, 3.8) is 0 Å². The van der Waals surface area contributed by atoms with Crippen LogP contribution in [0.15, 0.2) is 22.7 Å². The van der Waals surface area contributed by atoms with Crippen molar-refractivity contribution in [2.24, 2.45) is 5.41 Å². The van der Waals surface area contributed by atoms with Crippen molar-refractivity contribution < 1.29 is 9.53 Å². The van der Waals surface area contributed by atoms with Gasteiger partial charge in [-0.2, -0.15) is 0 Å². The molecule has 0 aliphatic heterocycles. The van der Waals surface area contributed by atoms with Crippen LogP contribution < -0.4 is 10.1 Å². The van der Waals surface area contributed by atoms with Crippen molar-refractivity contribution in [1.82, 2.24) is 5.32 Å². The summed E-state index contributed by atoms with van der Waals surface area (Å²) in [6, 6.07) is 5.34. The Balaban J connectivity index is 1.98. The quantitative estimate of drug-likeness (QED) is 0.800. The maximum absolute atomic E-state index is 12.0. The maximum atomic E-state index is 12.0. The third-order valence-electron chi connectivity index (χ3n) is 3.28. The Kier molecular flexibility index (Phi) is 4.33. The molecule has 1 aliphatic rings. The summed E-state index contributed by atoms with van der Waals surface area (Å²) in [5, 5.41) is 3.94. The molecule has 1 fully saturated rings. The Labute approximate surface area is 124 Å². The number of halogens is 2. The highest BCUT2D eigenvalue weighted by atomic mass is 79.9. The van der Waals surface area contributed by atoms with Gasteiger partial charge in [-0.1, -0.05) is 15.9 Å². The molecule has 3 nitrogen and oxygen atoms in total. The largest absolute Gasteiger partial charge is 0.496 e. The van der Waals surface area contributed by atoms with Crippen LogP contribution >= 0.6 is 31.9 Å². The molecule has 0 unspecified atom stereocenters. The van der Waals surface area contributed by atoms with Crippen LogP contribution in [0.3, 0.4) is 0 Å². The zero-order valence-electron chi connectivity index (χ0n) is 10.1. The summed E-state index contributed by atoms with van der Waals surface area (Å²) in [6.45, 7) is 0.737. The fourth-order valence-corrected chi connectivity index (χ4v) is 3.01. The number of nitrogens with one attached hydrogen (secondary N) is 1. The lowest BCUT2D eigenvalue weighted by Crippen LogP contribution is -2.30. The molecule has 0 aromatic heterocycles. The average Bonchev–Trinajstić information content (AvgIpc) is 3.16. The molecule has 0 spiro atoms. The molecule has 1 aromatic rings. The highest BCUT2D eigenvalue weighted by Crippen LogP contribution is 2.46. The first kappa shape index (κ1) is 13.9. The van der Waals surface area contributed by atoms with Gasteiger partial charge in [0.2, 0.25) is 0 Å². The molecule has 98 valence electrons. The van der Waals surface area contributed by atoms with Gasteiger partial charge in [-0.3, -0.25) is 4.79 Å². The van der Waals surface area contributed by atoms with E-state index < -0.39 is 0 Å². The summed E-state index contributed by atoms with van der Waals surface area (Å²) in [4.78, 5) is 12.0. The van der Waals surface area contributed by atoms with E-state index in [0.29, 0.717) is 11.0 Å².